The standard InChI is InChI=1S/C14H19FN2O2/c1-9-5-3-4-6-12(9)16-13-7-10(2)11(15)8-14(13)17(18)19/h7-9,12,16H,3-6H2,1-2H3. The first-order valence-corrected chi connectivity index (χ1v) is 6.70. The smallest absolute Gasteiger partial charge is 0.295 e. The molecule has 0 amide bonds. The minimum Gasteiger partial charge on any atom is -0.376 e. The number of aryl methyl sites for hydroxylation is 1. The first-order valence-electron chi connectivity index (χ1n) is 6.70. The van der Waals surface area contributed by atoms with E-state index in [-0.39, 0.29) is 11.7 Å². The average molecular weight is 266 g/mol. The Balaban J connectivity index is 2.27. The van der Waals surface area contributed by atoms with Gasteiger partial charge in [-0.05, 0) is 37.3 Å². The Morgan fingerprint density at radius 3 is 2.68 bits per heavy atom. The van der Waals surface area contributed by atoms with E-state index in [4.69, 9.17) is 0 Å². The molecular formula is C14H19FN2O2. The van der Waals surface area contributed by atoms with E-state index >= 15 is 0 Å². The summed E-state index contributed by atoms with van der Waals surface area (Å²) in [4.78, 5) is 10.5. The Morgan fingerprint density at radius 1 is 1.37 bits per heavy atom. The van der Waals surface area contributed by atoms with Crippen LogP contribution in [0.5, 0.6) is 0 Å². The van der Waals surface area contributed by atoms with Crippen molar-refractivity contribution in [2.75, 3.05) is 5.32 Å². The van der Waals surface area contributed by atoms with Crippen LogP contribution in [-0.4, -0.2) is 11.0 Å². The van der Waals surface area contributed by atoms with E-state index in [1.165, 1.54) is 12.5 Å². The van der Waals surface area contributed by atoms with Gasteiger partial charge in [-0.15, -0.1) is 0 Å². The van der Waals surface area contributed by atoms with E-state index < -0.39 is 10.7 Å². The summed E-state index contributed by atoms with van der Waals surface area (Å²) in [5.41, 5.74) is 0.681. The Morgan fingerprint density at radius 2 is 2.05 bits per heavy atom. The Kier molecular flexibility index (Phi) is 4.02. The molecule has 1 aliphatic rings. The fourth-order valence-electron chi connectivity index (χ4n) is 2.67. The van der Waals surface area contributed by atoms with Crippen LogP contribution in [0, 0.1) is 28.8 Å². The summed E-state index contributed by atoms with van der Waals surface area (Å²) in [7, 11) is 0. The molecule has 1 aromatic carbocycles. The molecule has 0 radical (unpaired) electrons. The highest BCUT2D eigenvalue weighted by Gasteiger charge is 2.25. The van der Waals surface area contributed by atoms with Gasteiger partial charge in [0.15, 0.2) is 0 Å². The van der Waals surface area contributed by atoms with Crippen molar-refractivity contribution in [3.05, 3.63) is 33.6 Å². The molecule has 1 aromatic rings. The van der Waals surface area contributed by atoms with Gasteiger partial charge in [-0.2, -0.15) is 0 Å². The van der Waals surface area contributed by atoms with Crippen LogP contribution in [0.2, 0.25) is 0 Å². The number of anilines is 1. The zero-order valence-electron chi connectivity index (χ0n) is 11.3. The molecule has 1 saturated carbocycles. The molecule has 1 aliphatic carbocycles. The van der Waals surface area contributed by atoms with Crippen LogP contribution in [0.3, 0.4) is 0 Å². The van der Waals surface area contributed by atoms with Crippen molar-refractivity contribution >= 4 is 11.4 Å². The first-order chi connectivity index (χ1) is 8.99. The summed E-state index contributed by atoms with van der Waals surface area (Å²) >= 11 is 0. The van der Waals surface area contributed by atoms with E-state index in [0.29, 0.717) is 17.2 Å². The quantitative estimate of drug-likeness (QED) is 0.663. The van der Waals surface area contributed by atoms with Gasteiger partial charge in [0, 0.05) is 6.04 Å². The molecule has 2 rings (SSSR count). The van der Waals surface area contributed by atoms with Gasteiger partial charge in [-0.25, -0.2) is 4.39 Å². The third-order valence-corrected chi connectivity index (χ3v) is 3.93. The summed E-state index contributed by atoms with van der Waals surface area (Å²) in [6.45, 7) is 3.77. The second-order valence-electron chi connectivity index (χ2n) is 5.39. The molecule has 0 bridgehead atoms. The normalized spacial score (nSPS) is 23.1. The van der Waals surface area contributed by atoms with Crippen LogP contribution < -0.4 is 5.32 Å². The minimum absolute atomic E-state index is 0.180. The Bertz CT molecular complexity index is 491. The Labute approximate surface area is 112 Å². The highest BCUT2D eigenvalue weighted by Crippen LogP contribution is 2.32. The van der Waals surface area contributed by atoms with Crippen molar-refractivity contribution < 1.29 is 9.31 Å². The van der Waals surface area contributed by atoms with Crippen molar-refractivity contribution in [2.24, 2.45) is 5.92 Å². The van der Waals surface area contributed by atoms with E-state index in [0.717, 1.165) is 25.3 Å². The summed E-state index contributed by atoms with van der Waals surface area (Å²) in [5.74, 6) is -0.0485. The number of nitrogens with one attached hydrogen (secondary N) is 1. The van der Waals surface area contributed by atoms with Crippen molar-refractivity contribution in [1.29, 1.82) is 0 Å². The van der Waals surface area contributed by atoms with Crippen molar-refractivity contribution in [3.63, 3.8) is 0 Å². The molecule has 5 heteroatoms. The lowest BCUT2D eigenvalue weighted by atomic mass is 9.86. The third-order valence-electron chi connectivity index (χ3n) is 3.93. The summed E-state index contributed by atoms with van der Waals surface area (Å²) in [6.07, 6.45) is 4.49. The lowest BCUT2D eigenvalue weighted by Crippen LogP contribution is -2.30. The van der Waals surface area contributed by atoms with Gasteiger partial charge >= 0.3 is 0 Å². The summed E-state index contributed by atoms with van der Waals surface area (Å²) in [6, 6.07) is 2.78. The monoisotopic (exact) mass is 266 g/mol. The van der Waals surface area contributed by atoms with Gasteiger partial charge in [-0.1, -0.05) is 19.8 Å². The lowest BCUT2D eigenvalue weighted by molar-refractivity contribution is -0.384. The lowest BCUT2D eigenvalue weighted by Gasteiger charge is -2.30. The third kappa shape index (κ3) is 3.03. The molecule has 104 valence electrons. The largest absolute Gasteiger partial charge is 0.376 e. The maximum absolute atomic E-state index is 13.4. The number of nitro groups is 1. The number of rotatable bonds is 3. The fraction of sp³-hybridized carbons (Fsp3) is 0.571. The Hall–Kier alpha value is -1.65. The topological polar surface area (TPSA) is 55.2 Å². The van der Waals surface area contributed by atoms with Crippen molar-refractivity contribution in [3.8, 4) is 0 Å². The van der Waals surface area contributed by atoms with Crippen LogP contribution >= 0.6 is 0 Å². The molecule has 2 unspecified atom stereocenters. The number of nitrogens with zero attached hydrogens (tertiary/aromatic N) is 1. The fourth-order valence-corrected chi connectivity index (χ4v) is 2.67. The van der Waals surface area contributed by atoms with Gasteiger partial charge in [0.2, 0.25) is 0 Å². The number of halogens is 1. The zero-order valence-corrected chi connectivity index (χ0v) is 11.3. The predicted molar refractivity (Wildman–Crippen MR) is 72.8 cm³/mol. The molecular weight excluding hydrogens is 247 g/mol. The molecule has 0 spiro atoms. The van der Waals surface area contributed by atoms with Gasteiger partial charge in [0.1, 0.15) is 11.5 Å². The van der Waals surface area contributed by atoms with E-state index in [1.807, 2.05) is 0 Å². The second-order valence-corrected chi connectivity index (χ2v) is 5.39. The highest BCUT2D eigenvalue weighted by molar-refractivity contribution is 5.63. The van der Waals surface area contributed by atoms with E-state index in [2.05, 4.69) is 12.2 Å². The van der Waals surface area contributed by atoms with Gasteiger partial charge in [0.05, 0.1) is 11.0 Å². The van der Waals surface area contributed by atoms with Crippen molar-refractivity contribution in [1.82, 2.24) is 0 Å². The molecule has 2 atom stereocenters. The summed E-state index contributed by atoms with van der Waals surface area (Å²) < 4.78 is 13.4. The molecule has 1 fully saturated rings. The van der Waals surface area contributed by atoms with Crippen molar-refractivity contribution in [2.45, 2.75) is 45.6 Å². The number of hydrogen-bond donors (Lipinski definition) is 1. The highest BCUT2D eigenvalue weighted by atomic mass is 19.1. The van der Waals surface area contributed by atoms with Gasteiger partial charge in [0.25, 0.3) is 5.69 Å². The predicted octanol–water partition coefficient (Wildman–Crippen LogP) is 4.03. The molecule has 4 nitrogen and oxygen atoms in total. The molecule has 1 N–H and O–H groups in total. The first kappa shape index (κ1) is 13.8. The van der Waals surface area contributed by atoms with Crippen LogP contribution in [0.4, 0.5) is 15.8 Å². The molecule has 0 aromatic heterocycles. The zero-order chi connectivity index (χ0) is 14.0. The maximum Gasteiger partial charge on any atom is 0.295 e. The van der Waals surface area contributed by atoms with Crippen LogP contribution in [0.1, 0.15) is 38.2 Å². The minimum atomic E-state index is -0.533. The van der Waals surface area contributed by atoms with Crippen LogP contribution in [0.15, 0.2) is 12.1 Å². The molecule has 0 saturated heterocycles. The van der Waals surface area contributed by atoms with Gasteiger partial charge < -0.3 is 5.32 Å². The number of benzene rings is 1. The molecule has 19 heavy (non-hydrogen) atoms. The SMILES string of the molecule is Cc1cc(NC2CCCCC2C)c([N+](=O)[O-])cc1F. The van der Waals surface area contributed by atoms with E-state index in [9.17, 15) is 14.5 Å². The number of hydrogen-bond acceptors (Lipinski definition) is 3. The van der Waals surface area contributed by atoms with E-state index in [1.54, 1.807) is 6.92 Å². The second kappa shape index (κ2) is 5.55. The van der Waals surface area contributed by atoms with Crippen LogP contribution in [-0.2, 0) is 0 Å². The molecule has 0 aliphatic heterocycles. The number of nitro benzene ring substituents is 1. The summed E-state index contributed by atoms with van der Waals surface area (Å²) in [5, 5.41) is 14.2. The van der Waals surface area contributed by atoms with Gasteiger partial charge in [-0.3, -0.25) is 10.1 Å². The van der Waals surface area contributed by atoms with Crippen LogP contribution in [0.25, 0.3) is 0 Å². The molecule has 0 heterocycles. The maximum atomic E-state index is 13.4. The average Bonchev–Trinajstić information content (AvgIpc) is 2.36.